The van der Waals surface area contributed by atoms with Gasteiger partial charge in [0.25, 0.3) is 0 Å². The van der Waals surface area contributed by atoms with Crippen LogP contribution in [0.25, 0.3) is 16.7 Å². The molecule has 0 heterocycles. The second kappa shape index (κ2) is 13.3. The van der Waals surface area contributed by atoms with E-state index in [1.165, 1.54) is 0 Å². The molecule has 0 aliphatic heterocycles. The summed E-state index contributed by atoms with van der Waals surface area (Å²) in [5.74, 6) is 0.423. The maximum absolute atomic E-state index is 12.1. The van der Waals surface area contributed by atoms with Crippen LogP contribution in [0, 0.1) is 0 Å². The SMILES string of the molecule is CCOC(=O)[C@H](Cc1ccc(OC/C=C(\C)c2ccc(-c3cccc(Cl)c3Cl)cc2)cc1)OCC. The minimum atomic E-state index is -0.599. The zero-order valence-corrected chi connectivity index (χ0v) is 21.7. The van der Waals surface area contributed by atoms with Crippen molar-refractivity contribution in [3.63, 3.8) is 0 Å². The molecule has 0 fully saturated rings. The molecule has 184 valence electrons. The van der Waals surface area contributed by atoms with E-state index in [0.717, 1.165) is 33.6 Å². The van der Waals surface area contributed by atoms with E-state index in [1.54, 1.807) is 13.0 Å². The summed E-state index contributed by atoms with van der Waals surface area (Å²) in [4.78, 5) is 12.1. The van der Waals surface area contributed by atoms with Crippen LogP contribution in [0.2, 0.25) is 10.0 Å². The van der Waals surface area contributed by atoms with Gasteiger partial charge in [-0.25, -0.2) is 4.79 Å². The third-order valence-corrected chi connectivity index (χ3v) is 6.32. The van der Waals surface area contributed by atoms with Crippen molar-refractivity contribution in [3.05, 3.63) is 94.0 Å². The Bertz CT molecular complexity index is 1140. The van der Waals surface area contributed by atoms with Gasteiger partial charge in [0.2, 0.25) is 0 Å². The van der Waals surface area contributed by atoms with E-state index < -0.39 is 6.10 Å². The van der Waals surface area contributed by atoms with Crippen LogP contribution in [0.3, 0.4) is 0 Å². The van der Waals surface area contributed by atoms with Crippen molar-refractivity contribution < 1.29 is 19.0 Å². The van der Waals surface area contributed by atoms with Gasteiger partial charge in [0.1, 0.15) is 12.4 Å². The first kappa shape index (κ1) is 26.8. The van der Waals surface area contributed by atoms with E-state index in [-0.39, 0.29) is 5.97 Å². The van der Waals surface area contributed by atoms with Gasteiger partial charge >= 0.3 is 5.97 Å². The number of hydrogen-bond donors (Lipinski definition) is 0. The fourth-order valence-electron chi connectivity index (χ4n) is 3.60. The Morgan fingerprint density at radius 1 is 0.943 bits per heavy atom. The number of carbonyl (C=O) groups excluding carboxylic acids is 1. The minimum Gasteiger partial charge on any atom is -0.490 e. The quantitative estimate of drug-likeness (QED) is 0.247. The highest BCUT2D eigenvalue weighted by molar-refractivity contribution is 6.43. The summed E-state index contributed by atoms with van der Waals surface area (Å²) in [6.07, 6.45) is 1.90. The third-order valence-electron chi connectivity index (χ3n) is 5.50. The summed E-state index contributed by atoms with van der Waals surface area (Å²) in [5.41, 5.74) is 5.12. The largest absolute Gasteiger partial charge is 0.490 e. The standard InChI is InChI=1S/C29H30Cl2O4/c1-4-33-27(29(32)34-5-2)19-21-9-15-24(16-10-21)35-18-17-20(3)22-11-13-23(14-12-22)25-7-6-8-26(30)28(25)31/h6-17,27H,4-5,18-19H2,1-3H3/b20-17+/t27-/m0/s1. The van der Waals surface area contributed by atoms with Gasteiger partial charge in [0, 0.05) is 18.6 Å². The molecule has 0 bridgehead atoms. The lowest BCUT2D eigenvalue weighted by molar-refractivity contribution is -0.156. The number of allylic oxidation sites excluding steroid dienone is 1. The maximum atomic E-state index is 12.1. The highest BCUT2D eigenvalue weighted by Crippen LogP contribution is 2.33. The number of benzene rings is 3. The van der Waals surface area contributed by atoms with E-state index in [4.69, 9.17) is 37.4 Å². The Hall–Kier alpha value is -2.79. The molecule has 0 N–H and O–H groups in total. The molecule has 3 rings (SSSR count). The van der Waals surface area contributed by atoms with Gasteiger partial charge in [0.15, 0.2) is 6.10 Å². The molecule has 6 heteroatoms. The van der Waals surface area contributed by atoms with Gasteiger partial charge < -0.3 is 14.2 Å². The van der Waals surface area contributed by atoms with Crippen molar-refractivity contribution >= 4 is 34.7 Å². The van der Waals surface area contributed by atoms with Crippen molar-refractivity contribution in [1.82, 2.24) is 0 Å². The van der Waals surface area contributed by atoms with Crippen molar-refractivity contribution in [2.45, 2.75) is 33.3 Å². The number of carbonyl (C=O) groups is 1. The summed E-state index contributed by atoms with van der Waals surface area (Å²) in [7, 11) is 0. The second-order valence-electron chi connectivity index (χ2n) is 7.92. The molecule has 0 unspecified atom stereocenters. The predicted molar refractivity (Wildman–Crippen MR) is 143 cm³/mol. The first-order valence-electron chi connectivity index (χ1n) is 11.6. The Morgan fingerprint density at radius 3 is 2.31 bits per heavy atom. The average molecular weight is 513 g/mol. The molecule has 0 aliphatic carbocycles. The summed E-state index contributed by atoms with van der Waals surface area (Å²) in [5, 5.41) is 1.10. The van der Waals surface area contributed by atoms with Crippen LogP contribution in [0.1, 0.15) is 31.9 Å². The monoisotopic (exact) mass is 512 g/mol. The van der Waals surface area contributed by atoms with Gasteiger partial charge in [0.05, 0.1) is 16.7 Å². The molecule has 0 saturated carbocycles. The van der Waals surface area contributed by atoms with Gasteiger partial charge in [-0.15, -0.1) is 0 Å². The summed E-state index contributed by atoms with van der Waals surface area (Å²) < 4.78 is 16.5. The molecular formula is C29H30Cl2O4. The van der Waals surface area contributed by atoms with Crippen LogP contribution in [0.5, 0.6) is 5.75 Å². The van der Waals surface area contributed by atoms with Crippen LogP contribution in [0.4, 0.5) is 0 Å². The van der Waals surface area contributed by atoms with Crippen molar-refractivity contribution in [2.24, 2.45) is 0 Å². The van der Waals surface area contributed by atoms with Crippen LogP contribution < -0.4 is 4.74 Å². The molecule has 35 heavy (non-hydrogen) atoms. The lowest BCUT2D eigenvalue weighted by atomic mass is 10.0. The van der Waals surface area contributed by atoms with Gasteiger partial charge in [-0.1, -0.05) is 71.7 Å². The molecule has 0 aliphatic rings. The Balaban J connectivity index is 1.57. The van der Waals surface area contributed by atoms with E-state index in [1.807, 2.05) is 61.5 Å². The summed E-state index contributed by atoms with van der Waals surface area (Å²) >= 11 is 12.5. The topological polar surface area (TPSA) is 44.8 Å². The maximum Gasteiger partial charge on any atom is 0.335 e. The highest BCUT2D eigenvalue weighted by atomic mass is 35.5. The average Bonchev–Trinajstić information content (AvgIpc) is 2.86. The van der Waals surface area contributed by atoms with Crippen LogP contribution >= 0.6 is 23.2 Å². The predicted octanol–water partition coefficient (Wildman–Crippen LogP) is 7.65. The Labute approximate surface area is 217 Å². The lowest BCUT2D eigenvalue weighted by Crippen LogP contribution is -2.28. The Kier molecular flexibility index (Phi) is 10.2. The molecule has 0 spiro atoms. The first-order valence-corrected chi connectivity index (χ1v) is 12.4. The van der Waals surface area contributed by atoms with Gasteiger partial charge in [-0.3, -0.25) is 0 Å². The summed E-state index contributed by atoms with van der Waals surface area (Å²) in [6.45, 7) is 6.93. The smallest absolute Gasteiger partial charge is 0.335 e. The van der Waals surface area contributed by atoms with E-state index >= 15 is 0 Å². The lowest BCUT2D eigenvalue weighted by Gasteiger charge is -2.15. The van der Waals surface area contributed by atoms with Crippen LogP contribution in [-0.2, 0) is 20.7 Å². The summed E-state index contributed by atoms with van der Waals surface area (Å²) in [6, 6.07) is 21.5. The Morgan fingerprint density at radius 2 is 1.66 bits per heavy atom. The molecule has 0 saturated heterocycles. The van der Waals surface area contributed by atoms with Crippen molar-refractivity contribution in [1.29, 1.82) is 0 Å². The minimum absolute atomic E-state index is 0.334. The molecule has 0 radical (unpaired) electrons. The van der Waals surface area contributed by atoms with Crippen LogP contribution in [0.15, 0.2) is 72.8 Å². The number of ether oxygens (including phenoxy) is 3. The highest BCUT2D eigenvalue weighted by Gasteiger charge is 2.20. The van der Waals surface area contributed by atoms with E-state index in [2.05, 4.69) is 19.1 Å². The number of hydrogen-bond acceptors (Lipinski definition) is 4. The molecule has 0 aromatic heterocycles. The van der Waals surface area contributed by atoms with Crippen molar-refractivity contribution in [2.75, 3.05) is 19.8 Å². The normalized spacial score (nSPS) is 12.3. The third kappa shape index (κ3) is 7.60. The molecule has 3 aromatic carbocycles. The van der Waals surface area contributed by atoms with Crippen molar-refractivity contribution in [3.8, 4) is 16.9 Å². The molecular weight excluding hydrogens is 483 g/mol. The second-order valence-corrected chi connectivity index (χ2v) is 8.71. The number of esters is 1. The zero-order chi connectivity index (χ0) is 25.2. The van der Waals surface area contributed by atoms with Crippen LogP contribution in [-0.4, -0.2) is 31.9 Å². The first-order chi connectivity index (χ1) is 16.9. The van der Waals surface area contributed by atoms with Gasteiger partial charge in [-0.05, 0) is 67.3 Å². The number of halogens is 2. The molecule has 4 nitrogen and oxygen atoms in total. The zero-order valence-electron chi connectivity index (χ0n) is 20.2. The van der Waals surface area contributed by atoms with E-state index in [0.29, 0.717) is 36.3 Å². The molecule has 1 atom stereocenters. The fraction of sp³-hybridized carbons (Fsp3) is 0.276. The number of rotatable bonds is 11. The fourth-order valence-corrected chi connectivity index (χ4v) is 4.01. The molecule has 0 amide bonds. The van der Waals surface area contributed by atoms with Gasteiger partial charge in [-0.2, -0.15) is 0 Å². The molecule has 3 aromatic rings. The van der Waals surface area contributed by atoms with E-state index in [9.17, 15) is 4.79 Å².